The largest absolute Gasteiger partial charge is 0.435 e. The molecule has 14 heteroatoms. The SMILES string of the molecule is CN(C)C(=O)c1ccc(N2CCC(CCCN(C)C(=O)C(O)(c3cccc(OC(F)F)c3)C(F)(F)F)CC2)nc1Cl. The molecule has 41 heavy (non-hydrogen) atoms. The Balaban J connectivity index is 1.56. The zero-order valence-corrected chi connectivity index (χ0v) is 23.6. The van der Waals surface area contributed by atoms with Crippen LogP contribution in [-0.4, -0.2) is 85.3 Å². The molecule has 1 aliphatic heterocycles. The number of amides is 2. The van der Waals surface area contributed by atoms with Gasteiger partial charge in [-0.15, -0.1) is 0 Å². The second-order valence-corrected chi connectivity index (χ2v) is 10.5. The third-order valence-corrected chi connectivity index (χ3v) is 7.35. The first-order valence-electron chi connectivity index (χ1n) is 12.9. The molecule has 226 valence electrons. The third kappa shape index (κ3) is 7.56. The Labute approximate surface area is 239 Å². The van der Waals surface area contributed by atoms with Gasteiger partial charge in [-0.3, -0.25) is 9.59 Å². The van der Waals surface area contributed by atoms with Gasteiger partial charge in [0, 0.05) is 46.3 Å². The van der Waals surface area contributed by atoms with Gasteiger partial charge in [-0.2, -0.15) is 22.0 Å². The number of aromatic nitrogens is 1. The zero-order valence-electron chi connectivity index (χ0n) is 22.8. The molecular formula is C27H32ClF5N4O4. The van der Waals surface area contributed by atoms with Crippen molar-refractivity contribution in [2.75, 3.05) is 45.7 Å². The molecule has 0 radical (unpaired) electrons. The third-order valence-electron chi connectivity index (χ3n) is 7.06. The first-order valence-corrected chi connectivity index (χ1v) is 13.3. The van der Waals surface area contributed by atoms with E-state index in [1.54, 1.807) is 26.2 Å². The molecule has 1 aromatic carbocycles. The van der Waals surface area contributed by atoms with E-state index in [-0.39, 0.29) is 23.5 Å². The molecule has 3 rings (SSSR count). The Morgan fingerprint density at radius 2 is 1.80 bits per heavy atom. The van der Waals surface area contributed by atoms with Crippen molar-refractivity contribution in [2.45, 2.75) is 44.1 Å². The van der Waals surface area contributed by atoms with Crippen molar-refractivity contribution >= 4 is 29.2 Å². The number of likely N-dealkylation sites (N-methyl/N-ethyl adjacent to an activating group) is 1. The molecular weight excluding hydrogens is 575 g/mol. The van der Waals surface area contributed by atoms with E-state index in [1.807, 2.05) is 4.90 Å². The molecule has 1 fully saturated rings. The first kappa shape index (κ1) is 32.3. The van der Waals surface area contributed by atoms with E-state index < -0.39 is 35.6 Å². The van der Waals surface area contributed by atoms with Gasteiger partial charge in [-0.1, -0.05) is 23.7 Å². The van der Waals surface area contributed by atoms with Crippen LogP contribution in [0.4, 0.5) is 27.8 Å². The molecule has 0 saturated carbocycles. The number of ether oxygens (including phenoxy) is 1. The number of benzene rings is 1. The van der Waals surface area contributed by atoms with Crippen LogP contribution in [0.3, 0.4) is 0 Å². The lowest BCUT2D eigenvalue weighted by Crippen LogP contribution is -2.55. The zero-order chi connectivity index (χ0) is 30.5. The molecule has 0 spiro atoms. The quantitative estimate of drug-likeness (QED) is 0.305. The number of pyridine rings is 1. The number of piperidine rings is 1. The maximum atomic E-state index is 14.0. The van der Waals surface area contributed by atoms with E-state index in [9.17, 15) is 36.6 Å². The second kappa shape index (κ2) is 13.2. The Kier molecular flexibility index (Phi) is 10.4. The summed E-state index contributed by atoms with van der Waals surface area (Å²) in [6, 6.07) is 6.77. The van der Waals surface area contributed by atoms with E-state index in [1.165, 1.54) is 4.90 Å². The number of alkyl halides is 5. The highest BCUT2D eigenvalue weighted by Crippen LogP contribution is 2.41. The summed E-state index contributed by atoms with van der Waals surface area (Å²) in [4.78, 5) is 33.7. The lowest BCUT2D eigenvalue weighted by Gasteiger charge is -2.34. The van der Waals surface area contributed by atoms with Gasteiger partial charge in [0.2, 0.25) is 0 Å². The van der Waals surface area contributed by atoms with Crippen molar-refractivity contribution in [1.29, 1.82) is 0 Å². The fraction of sp³-hybridized carbons (Fsp3) is 0.519. The predicted octanol–water partition coefficient (Wildman–Crippen LogP) is 4.94. The highest BCUT2D eigenvalue weighted by molar-refractivity contribution is 6.32. The molecule has 1 unspecified atom stereocenters. The normalized spacial score (nSPS) is 15.9. The number of halogens is 6. The van der Waals surface area contributed by atoms with Crippen LogP contribution in [0.25, 0.3) is 0 Å². The number of carbonyl (C=O) groups is 2. The van der Waals surface area contributed by atoms with Crippen LogP contribution in [0.2, 0.25) is 5.15 Å². The van der Waals surface area contributed by atoms with Crippen LogP contribution >= 0.6 is 11.6 Å². The number of anilines is 1. The van der Waals surface area contributed by atoms with Crippen LogP contribution in [0.1, 0.15) is 41.6 Å². The predicted molar refractivity (Wildman–Crippen MR) is 142 cm³/mol. The summed E-state index contributed by atoms with van der Waals surface area (Å²) in [6.07, 6.45) is -2.83. The topological polar surface area (TPSA) is 86.2 Å². The minimum absolute atomic E-state index is 0.0524. The molecule has 1 atom stereocenters. The Morgan fingerprint density at radius 3 is 2.37 bits per heavy atom. The molecule has 0 aliphatic carbocycles. The van der Waals surface area contributed by atoms with Gasteiger partial charge >= 0.3 is 12.8 Å². The molecule has 8 nitrogen and oxygen atoms in total. The molecule has 1 saturated heterocycles. The van der Waals surface area contributed by atoms with Crippen LogP contribution in [0.5, 0.6) is 5.75 Å². The highest BCUT2D eigenvalue weighted by atomic mass is 35.5. The van der Waals surface area contributed by atoms with E-state index in [2.05, 4.69) is 9.72 Å². The summed E-state index contributed by atoms with van der Waals surface area (Å²) >= 11 is 6.22. The number of rotatable bonds is 10. The monoisotopic (exact) mass is 606 g/mol. The van der Waals surface area contributed by atoms with Crippen LogP contribution in [-0.2, 0) is 10.4 Å². The first-order chi connectivity index (χ1) is 19.1. The molecule has 2 heterocycles. The van der Waals surface area contributed by atoms with E-state index >= 15 is 0 Å². The van der Waals surface area contributed by atoms with Crippen molar-refractivity contribution in [3.63, 3.8) is 0 Å². The number of hydrogen-bond acceptors (Lipinski definition) is 6. The number of carbonyl (C=O) groups excluding carboxylic acids is 2. The summed E-state index contributed by atoms with van der Waals surface area (Å²) in [5, 5.41) is 10.7. The minimum Gasteiger partial charge on any atom is -0.435 e. The van der Waals surface area contributed by atoms with Gasteiger partial charge in [0.25, 0.3) is 17.4 Å². The lowest BCUT2D eigenvalue weighted by atomic mass is 9.90. The van der Waals surface area contributed by atoms with Crippen molar-refractivity contribution in [3.8, 4) is 5.75 Å². The second-order valence-electron chi connectivity index (χ2n) is 10.1. The summed E-state index contributed by atoms with van der Waals surface area (Å²) in [5.74, 6) is -1.59. The van der Waals surface area contributed by atoms with Gasteiger partial charge < -0.3 is 24.5 Å². The van der Waals surface area contributed by atoms with Gasteiger partial charge in [0.1, 0.15) is 16.7 Å². The fourth-order valence-electron chi connectivity index (χ4n) is 4.75. The Morgan fingerprint density at radius 1 is 1.15 bits per heavy atom. The van der Waals surface area contributed by atoms with Crippen LogP contribution < -0.4 is 9.64 Å². The number of nitrogens with zero attached hydrogens (tertiary/aromatic N) is 4. The number of hydrogen-bond donors (Lipinski definition) is 1. The van der Waals surface area contributed by atoms with Crippen molar-refractivity contribution in [2.24, 2.45) is 5.92 Å². The Bertz CT molecular complexity index is 1220. The highest BCUT2D eigenvalue weighted by Gasteiger charge is 2.61. The summed E-state index contributed by atoms with van der Waals surface area (Å²) in [7, 11) is 4.39. The maximum Gasteiger partial charge on any atom is 0.430 e. The van der Waals surface area contributed by atoms with Crippen molar-refractivity contribution in [1.82, 2.24) is 14.8 Å². The van der Waals surface area contributed by atoms with Gasteiger partial charge in [0.05, 0.1) is 5.56 Å². The van der Waals surface area contributed by atoms with Gasteiger partial charge in [-0.25, -0.2) is 4.98 Å². The standard InChI is InChI=1S/C27H32ClF5N4O4/c1-35(2)23(38)20-9-10-21(34-22(20)28)37-14-11-17(12-15-37)6-5-13-36(3)24(39)26(40,27(31,32)33)18-7-4-8-19(16-18)41-25(29)30/h4,7-10,16-17,25,40H,5-6,11-15H2,1-3H3. The van der Waals surface area contributed by atoms with Gasteiger partial charge in [-0.05, 0) is 55.9 Å². The average molecular weight is 607 g/mol. The maximum absolute atomic E-state index is 14.0. The minimum atomic E-state index is -5.41. The molecule has 2 aromatic rings. The van der Waals surface area contributed by atoms with E-state index in [0.29, 0.717) is 43.4 Å². The summed E-state index contributed by atoms with van der Waals surface area (Å²) in [5.41, 5.74) is -4.55. The van der Waals surface area contributed by atoms with Gasteiger partial charge in [0.15, 0.2) is 0 Å². The van der Waals surface area contributed by atoms with Crippen molar-refractivity contribution < 1.29 is 41.4 Å². The molecule has 2 amide bonds. The van der Waals surface area contributed by atoms with Crippen molar-refractivity contribution in [3.05, 3.63) is 52.7 Å². The summed E-state index contributed by atoms with van der Waals surface area (Å²) in [6.45, 7) is -2.02. The lowest BCUT2D eigenvalue weighted by molar-refractivity contribution is -0.261. The van der Waals surface area contributed by atoms with E-state index in [0.717, 1.165) is 43.0 Å². The van der Waals surface area contributed by atoms with E-state index in [4.69, 9.17) is 11.6 Å². The smallest absolute Gasteiger partial charge is 0.430 e. The van der Waals surface area contributed by atoms with Crippen LogP contribution in [0, 0.1) is 5.92 Å². The van der Waals surface area contributed by atoms with Crippen LogP contribution in [0.15, 0.2) is 36.4 Å². The molecule has 1 aliphatic rings. The average Bonchev–Trinajstić information content (AvgIpc) is 2.91. The molecule has 1 N–H and O–H groups in total. The summed E-state index contributed by atoms with van der Waals surface area (Å²) < 4.78 is 71.2. The number of aliphatic hydroxyl groups is 1. The molecule has 1 aromatic heterocycles. The molecule has 0 bridgehead atoms. The Hall–Kier alpha value is -3.19. The fourth-order valence-corrected chi connectivity index (χ4v) is 4.98.